The number of amides is 1. The van der Waals surface area contributed by atoms with Crippen LogP contribution < -0.4 is 19.5 Å². The van der Waals surface area contributed by atoms with Crippen molar-refractivity contribution in [3.63, 3.8) is 0 Å². The monoisotopic (exact) mass is 498 g/mol. The van der Waals surface area contributed by atoms with Crippen LogP contribution in [0.15, 0.2) is 71.6 Å². The van der Waals surface area contributed by atoms with Crippen LogP contribution in [0, 0.1) is 6.92 Å². The predicted octanol–water partition coefficient (Wildman–Crippen LogP) is 3.89. The molecule has 0 atom stereocenters. The van der Waals surface area contributed by atoms with Gasteiger partial charge in [0.2, 0.25) is 15.9 Å². The van der Waals surface area contributed by atoms with Crippen LogP contribution in [0.5, 0.6) is 17.2 Å². The molecule has 0 saturated heterocycles. The van der Waals surface area contributed by atoms with Gasteiger partial charge in [0, 0.05) is 12.6 Å². The maximum atomic E-state index is 13.7. The Labute approximate surface area is 206 Å². The second-order valence-corrected chi connectivity index (χ2v) is 9.75. The highest BCUT2D eigenvalue weighted by Gasteiger charge is 2.30. The third-order valence-corrected chi connectivity index (χ3v) is 7.30. The number of aryl methyl sites for hydroxylation is 1. The molecule has 0 bridgehead atoms. The van der Waals surface area contributed by atoms with E-state index in [4.69, 9.17) is 14.2 Å². The lowest BCUT2D eigenvalue weighted by Crippen LogP contribution is -2.39. The van der Waals surface area contributed by atoms with E-state index in [0.29, 0.717) is 23.6 Å². The zero-order valence-electron chi connectivity index (χ0n) is 20.3. The summed E-state index contributed by atoms with van der Waals surface area (Å²) in [6.07, 6.45) is 0.438. The average molecular weight is 499 g/mol. The van der Waals surface area contributed by atoms with E-state index in [1.165, 1.54) is 25.6 Å². The molecule has 0 spiro atoms. The molecule has 0 unspecified atom stereocenters. The van der Waals surface area contributed by atoms with Gasteiger partial charge < -0.3 is 19.5 Å². The number of hydrogen-bond acceptors (Lipinski definition) is 6. The highest BCUT2D eigenvalue weighted by molar-refractivity contribution is 7.89. The molecule has 1 amide bonds. The van der Waals surface area contributed by atoms with E-state index in [1.807, 2.05) is 30.3 Å². The van der Waals surface area contributed by atoms with Gasteiger partial charge in [-0.25, -0.2) is 8.42 Å². The quantitative estimate of drug-likeness (QED) is 0.431. The van der Waals surface area contributed by atoms with Crippen molar-refractivity contribution in [3.8, 4) is 17.2 Å². The molecule has 3 rings (SSSR count). The van der Waals surface area contributed by atoms with E-state index >= 15 is 0 Å². The van der Waals surface area contributed by atoms with Gasteiger partial charge >= 0.3 is 0 Å². The van der Waals surface area contributed by atoms with E-state index in [2.05, 4.69) is 5.32 Å². The van der Waals surface area contributed by atoms with E-state index < -0.39 is 15.9 Å². The lowest BCUT2D eigenvalue weighted by molar-refractivity contribution is -0.116. The number of benzene rings is 3. The van der Waals surface area contributed by atoms with Gasteiger partial charge in [0.1, 0.15) is 22.1 Å². The van der Waals surface area contributed by atoms with Crippen molar-refractivity contribution in [2.45, 2.75) is 18.2 Å². The minimum atomic E-state index is -4.05. The standard InChI is InChI=1S/C26H30N2O6S/c1-19-10-13-23(33-3)25(16-19)35(30,31)28(15-14-20-8-6-5-7-9-20)18-26(29)27-22-12-11-21(32-2)17-24(22)34-4/h5-13,16-17H,14-15,18H2,1-4H3,(H,27,29). The molecule has 0 heterocycles. The summed E-state index contributed by atoms with van der Waals surface area (Å²) in [6, 6.07) is 19.4. The summed E-state index contributed by atoms with van der Waals surface area (Å²) in [5.74, 6) is 0.685. The number of carbonyl (C=O) groups excluding carboxylic acids is 1. The second kappa shape index (κ2) is 11.7. The van der Waals surface area contributed by atoms with Crippen molar-refractivity contribution in [2.75, 3.05) is 39.7 Å². The smallest absolute Gasteiger partial charge is 0.247 e. The summed E-state index contributed by atoms with van der Waals surface area (Å²) in [5.41, 5.74) is 2.13. The van der Waals surface area contributed by atoms with Crippen LogP contribution in [0.4, 0.5) is 5.69 Å². The predicted molar refractivity (Wildman–Crippen MR) is 135 cm³/mol. The molecule has 0 fully saturated rings. The summed E-state index contributed by atoms with van der Waals surface area (Å²) in [5, 5.41) is 2.75. The van der Waals surface area contributed by atoms with E-state index in [1.54, 1.807) is 43.3 Å². The Morgan fingerprint density at radius 3 is 2.26 bits per heavy atom. The molecule has 8 nitrogen and oxygen atoms in total. The molecule has 0 saturated carbocycles. The van der Waals surface area contributed by atoms with Crippen LogP contribution in [0.25, 0.3) is 0 Å². The zero-order chi connectivity index (χ0) is 25.4. The number of rotatable bonds is 11. The highest BCUT2D eigenvalue weighted by Crippen LogP contribution is 2.30. The molecule has 0 aliphatic heterocycles. The van der Waals surface area contributed by atoms with Gasteiger partial charge in [0.15, 0.2) is 0 Å². The number of sulfonamides is 1. The van der Waals surface area contributed by atoms with E-state index in [0.717, 1.165) is 11.1 Å². The fourth-order valence-corrected chi connectivity index (χ4v) is 5.20. The van der Waals surface area contributed by atoms with E-state index in [9.17, 15) is 13.2 Å². The minimum Gasteiger partial charge on any atom is -0.497 e. The average Bonchev–Trinajstić information content (AvgIpc) is 2.87. The Hall–Kier alpha value is -3.56. The summed E-state index contributed by atoms with van der Waals surface area (Å²) in [4.78, 5) is 13.0. The van der Waals surface area contributed by atoms with Crippen LogP contribution in [0.3, 0.4) is 0 Å². The van der Waals surface area contributed by atoms with Gasteiger partial charge in [-0.15, -0.1) is 0 Å². The van der Waals surface area contributed by atoms with Crippen LogP contribution in [-0.2, 0) is 21.2 Å². The molecule has 35 heavy (non-hydrogen) atoms. The normalized spacial score (nSPS) is 11.2. The number of nitrogens with zero attached hydrogens (tertiary/aromatic N) is 1. The topological polar surface area (TPSA) is 94.2 Å². The van der Waals surface area contributed by atoms with Gasteiger partial charge in [0.05, 0.1) is 33.6 Å². The van der Waals surface area contributed by atoms with Crippen molar-refractivity contribution in [3.05, 3.63) is 77.9 Å². The number of methoxy groups -OCH3 is 3. The summed E-state index contributed by atoms with van der Waals surface area (Å²) in [6.45, 7) is 1.52. The summed E-state index contributed by atoms with van der Waals surface area (Å²) in [7, 11) is 0.370. The molecule has 0 aromatic heterocycles. The van der Waals surface area contributed by atoms with Crippen LogP contribution in [0.1, 0.15) is 11.1 Å². The molecule has 0 aliphatic carbocycles. The number of hydrogen-bond donors (Lipinski definition) is 1. The molecular weight excluding hydrogens is 468 g/mol. The van der Waals surface area contributed by atoms with E-state index in [-0.39, 0.29) is 23.7 Å². The van der Waals surface area contributed by atoms with Crippen molar-refractivity contribution < 1.29 is 27.4 Å². The maximum absolute atomic E-state index is 13.7. The molecule has 3 aromatic carbocycles. The first kappa shape index (κ1) is 26.1. The fourth-order valence-electron chi connectivity index (χ4n) is 3.56. The Morgan fingerprint density at radius 1 is 0.886 bits per heavy atom. The van der Waals surface area contributed by atoms with Gasteiger partial charge in [-0.3, -0.25) is 4.79 Å². The lowest BCUT2D eigenvalue weighted by atomic mass is 10.1. The Bertz CT molecular complexity index is 1260. The molecule has 0 aliphatic rings. The third-order valence-electron chi connectivity index (χ3n) is 5.43. The molecule has 1 N–H and O–H groups in total. The van der Waals surface area contributed by atoms with Gasteiger partial charge in [-0.2, -0.15) is 4.31 Å². The van der Waals surface area contributed by atoms with Crippen LogP contribution in [0.2, 0.25) is 0 Å². The van der Waals surface area contributed by atoms with Gasteiger partial charge in [0.25, 0.3) is 0 Å². The minimum absolute atomic E-state index is 0.0166. The SMILES string of the molecule is COc1ccc(NC(=O)CN(CCc2ccccc2)S(=O)(=O)c2cc(C)ccc2OC)c(OC)c1. The molecular formula is C26H30N2O6S. The lowest BCUT2D eigenvalue weighted by Gasteiger charge is -2.23. The first-order valence-corrected chi connectivity index (χ1v) is 12.4. The number of ether oxygens (including phenoxy) is 3. The Balaban J connectivity index is 1.90. The van der Waals surface area contributed by atoms with Crippen LogP contribution in [-0.4, -0.2) is 53.0 Å². The van der Waals surface area contributed by atoms with Crippen LogP contribution >= 0.6 is 0 Å². The number of nitrogens with one attached hydrogen (secondary N) is 1. The zero-order valence-corrected chi connectivity index (χ0v) is 21.1. The highest BCUT2D eigenvalue weighted by atomic mass is 32.2. The first-order valence-electron chi connectivity index (χ1n) is 11.0. The second-order valence-electron chi connectivity index (χ2n) is 7.84. The molecule has 186 valence electrons. The number of anilines is 1. The van der Waals surface area contributed by atoms with Crippen molar-refractivity contribution in [2.24, 2.45) is 0 Å². The summed E-state index contributed by atoms with van der Waals surface area (Å²) < 4.78 is 44.4. The molecule has 3 aromatic rings. The fraction of sp³-hybridized carbons (Fsp3) is 0.269. The Morgan fingerprint density at radius 2 is 1.60 bits per heavy atom. The third kappa shape index (κ3) is 6.52. The molecule has 0 radical (unpaired) electrons. The van der Waals surface area contributed by atoms with Crippen molar-refractivity contribution >= 4 is 21.6 Å². The summed E-state index contributed by atoms with van der Waals surface area (Å²) >= 11 is 0. The largest absolute Gasteiger partial charge is 0.497 e. The van der Waals surface area contributed by atoms with Crippen molar-refractivity contribution in [1.82, 2.24) is 4.31 Å². The van der Waals surface area contributed by atoms with Crippen molar-refractivity contribution in [1.29, 1.82) is 0 Å². The first-order chi connectivity index (χ1) is 16.8. The maximum Gasteiger partial charge on any atom is 0.247 e. The van der Waals surface area contributed by atoms with Gasteiger partial charge in [-0.05, 0) is 48.7 Å². The Kier molecular flexibility index (Phi) is 8.73. The molecule has 9 heteroatoms. The van der Waals surface area contributed by atoms with Gasteiger partial charge in [-0.1, -0.05) is 36.4 Å². The number of carbonyl (C=O) groups is 1.